The lowest BCUT2D eigenvalue weighted by molar-refractivity contribution is -0.529. The Hall–Kier alpha value is -1.66. The third-order valence-corrected chi connectivity index (χ3v) is 1.90. The Balaban J connectivity index is 4.92. The first kappa shape index (κ1) is 13.3. The number of rotatable bonds is 6. The van der Waals surface area contributed by atoms with Gasteiger partial charge in [0.25, 0.3) is 0 Å². The van der Waals surface area contributed by atoms with E-state index in [2.05, 4.69) is 0 Å². The molecule has 15 heavy (non-hydrogen) atoms. The lowest BCUT2D eigenvalue weighted by Crippen LogP contribution is -2.40. The van der Waals surface area contributed by atoms with Gasteiger partial charge in [-0.15, -0.1) is 0 Å². The predicted octanol–water partition coefficient (Wildman–Crippen LogP) is 0.463. The monoisotopic (exact) mass is 219 g/mol. The molecule has 0 saturated carbocycles. The molecule has 0 bridgehead atoms. The van der Waals surface area contributed by atoms with E-state index < -0.39 is 28.8 Å². The van der Waals surface area contributed by atoms with Gasteiger partial charge in [-0.2, -0.15) is 0 Å². The molecule has 7 nitrogen and oxygen atoms in total. The summed E-state index contributed by atoms with van der Waals surface area (Å²) < 4.78 is 0. The second-order valence-electron chi connectivity index (χ2n) is 3.64. The molecule has 0 aliphatic carbocycles. The lowest BCUT2D eigenvalue weighted by Gasteiger charge is -2.15. The van der Waals surface area contributed by atoms with Crippen molar-refractivity contribution in [3.8, 4) is 0 Å². The molecule has 0 saturated heterocycles. The quantitative estimate of drug-likeness (QED) is 0.380. The lowest BCUT2D eigenvalue weighted by atomic mass is 9.92. The smallest absolute Gasteiger partial charge is 0.325 e. The minimum atomic E-state index is -1.98. The number of hydrogen-bond acceptors (Lipinski definition) is 4. The fourth-order valence-corrected chi connectivity index (χ4v) is 1.26. The van der Waals surface area contributed by atoms with Crippen LogP contribution in [0.4, 0.5) is 0 Å². The Morgan fingerprint density at radius 3 is 1.87 bits per heavy atom. The molecule has 0 aliphatic heterocycles. The molecular formula is C8H13NO6. The first-order chi connectivity index (χ1) is 6.77. The van der Waals surface area contributed by atoms with E-state index in [0.717, 1.165) is 0 Å². The summed E-state index contributed by atoms with van der Waals surface area (Å²) in [6.45, 7) is 3.33. The summed E-state index contributed by atoms with van der Waals surface area (Å²) in [6, 6.07) is -1.58. The molecule has 7 heteroatoms. The van der Waals surface area contributed by atoms with Crippen LogP contribution in [0.25, 0.3) is 0 Å². The van der Waals surface area contributed by atoms with E-state index in [1.165, 1.54) is 0 Å². The highest BCUT2D eigenvalue weighted by molar-refractivity contribution is 5.93. The molecule has 1 unspecified atom stereocenters. The van der Waals surface area contributed by atoms with Gasteiger partial charge in [0.1, 0.15) is 0 Å². The number of hydrogen-bond donors (Lipinski definition) is 2. The number of carboxylic acids is 2. The van der Waals surface area contributed by atoms with E-state index in [1.807, 2.05) is 0 Å². The minimum absolute atomic E-state index is 0.0731. The van der Waals surface area contributed by atoms with Gasteiger partial charge < -0.3 is 10.2 Å². The van der Waals surface area contributed by atoms with E-state index in [9.17, 15) is 19.7 Å². The average molecular weight is 219 g/mol. The Morgan fingerprint density at radius 1 is 1.27 bits per heavy atom. The molecule has 0 fully saturated rings. The highest BCUT2D eigenvalue weighted by Crippen LogP contribution is 2.17. The van der Waals surface area contributed by atoms with Crippen LogP contribution in [-0.4, -0.2) is 33.1 Å². The summed E-state index contributed by atoms with van der Waals surface area (Å²) >= 11 is 0. The fourth-order valence-electron chi connectivity index (χ4n) is 1.26. The van der Waals surface area contributed by atoms with Crippen molar-refractivity contribution < 1.29 is 24.7 Å². The molecule has 0 amide bonds. The normalized spacial score (nSPS) is 12.8. The van der Waals surface area contributed by atoms with Crippen LogP contribution in [0.3, 0.4) is 0 Å². The Labute approximate surface area is 85.9 Å². The number of carbonyl (C=O) groups is 2. The molecule has 1 atom stereocenters. The van der Waals surface area contributed by atoms with Crippen LogP contribution < -0.4 is 0 Å². The molecule has 0 aromatic carbocycles. The maximum absolute atomic E-state index is 10.6. The van der Waals surface area contributed by atoms with E-state index in [0.29, 0.717) is 0 Å². The van der Waals surface area contributed by atoms with Crippen molar-refractivity contribution in [2.24, 2.45) is 11.8 Å². The molecule has 0 aliphatic rings. The fraction of sp³-hybridized carbons (Fsp3) is 0.750. The standard InChI is InChI=1S/C8H13NO6/c1-4(2)3-5(9(14)15)6(7(10)11)8(12)13/h4-6H,3H2,1-2H3,(H,10,11)(H,12,13). The molecule has 0 heterocycles. The molecule has 2 N–H and O–H groups in total. The van der Waals surface area contributed by atoms with Gasteiger partial charge in [0.15, 0.2) is 0 Å². The SMILES string of the molecule is CC(C)CC(C(C(=O)O)C(=O)O)[N+](=O)[O-]. The van der Waals surface area contributed by atoms with E-state index in [-0.39, 0.29) is 12.3 Å². The number of nitro groups is 1. The van der Waals surface area contributed by atoms with Gasteiger partial charge in [-0.05, 0) is 5.92 Å². The molecular weight excluding hydrogens is 206 g/mol. The number of carboxylic acid groups (broad SMARTS) is 2. The van der Waals surface area contributed by atoms with E-state index in [1.54, 1.807) is 13.8 Å². The first-order valence-electron chi connectivity index (χ1n) is 4.36. The van der Waals surface area contributed by atoms with Crippen LogP contribution in [0.15, 0.2) is 0 Å². The van der Waals surface area contributed by atoms with Crippen molar-refractivity contribution in [1.82, 2.24) is 0 Å². The summed E-state index contributed by atoms with van der Waals surface area (Å²) in [7, 11) is 0. The topological polar surface area (TPSA) is 118 Å². The van der Waals surface area contributed by atoms with E-state index in [4.69, 9.17) is 10.2 Å². The van der Waals surface area contributed by atoms with Crippen LogP contribution in [0.2, 0.25) is 0 Å². The zero-order chi connectivity index (χ0) is 12.2. The Morgan fingerprint density at radius 2 is 1.67 bits per heavy atom. The summed E-state index contributed by atoms with van der Waals surface area (Å²) in [5.74, 6) is -5.47. The van der Waals surface area contributed by atoms with Crippen LogP contribution in [-0.2, 0) is 9.59 Å². The van der Waals surface area contributed by atoms with Crippen molar-refractivity contribution in [3.05, 3.63) is 10.1 Å². The maximum Gasteiger partial charge on any atom is 0.325 e. The maximum atomic E-state index is 10.6. The highest BCUT2D eigenvalue weighted by Gasteiger charge is 2.43. The van der Waals surface area contributed by atoms with Crippen LogP contribution in [0.5, 0.6) is 0 Å². The third kappa shape index (κ3) is 3.92. The summed E-state index contributed by atoms with van der Waals surface area (Å²) in [5.41, 5.74) is 0. The zero-order valence-electron chi connectivity index (χ0n) is 8.41. The molecule has 0 aromatic heterocycles. The van der Waals surface area contributed by atoms with Crippen molar-refractivity contribution >= 4 is 11.9 Å². The van der Waals surface area contributed by atoms with Gasteiger partial charge in [-0.25, -0.2) is 0 Å². The second-order valence-corrected chi connectivity index (χ2v) is 3.64. The zero-order valence-corrected chi connectivity index (χ0v) is 8.41. The Kier molecular flexibility index (Phi) is 4.69. The van der Waals surface area contributed by atoms with Crippen LogP contribution >= 0.6 is 0 Å². The van der Waals surface area contributed by atoms with Crippen molar-refractivity contribution in [2.45, 2.75) is 26.3 Å². The largest absolute Gasteiger partial charge is 0.480 e. The molecule has 0 spiro atoms. The van der Waals surface area contributed by atoms with Crippen molar-refractivity contribution in [3.63, 3.8) is 0 Å². The van der Waals surface area contributed by atoms with Gasteiger partial charge >= 0.3 is 11.9 Å². The first-order valence-corrected chi connectivity index (χ1v) is 4.36. The van der Waals surface area contributed by atoms with Gasteiger partial charge in [0.05, 0.1) is 0 Å². The van der Waals surface area contributed by atoms with Gasteiger partial charge in [0.2, 0.25) is 12.0 Å². The second kappa shape index (κ2) is 5.28. The average Bonchev–Trinajstić information content (AvgIpc) is 2.00. The minimum Gasteiger partial charge on any atom is -0.480 e. The van der Waals surface area contributed by atoms with Crippen LogP contribution in [0, 0.1) is 22.0 Å². The van der Waals surface area contributed by atoms with Crippen molar-refractivity contribution in [1.29, 1.82) is 0 Å². The molecule has 0 aromatic rings. The van der Waals surface area contributed by atoms with Gasteiger partial charge in [-0.3, -0.25) is 19.7 Å². The Bertz CT molecular complexity index is 260. The van der Waals surface area contributed by atoms with Gasteiger partial charge in [0, 0.05) is 11.3 Å². The number of aliphatic carboxylic acids is 2. The van der Waals surface area contributed by atoms with Crippen LogP contribution in [0.1, 0.15) is 20.3 Å². The summed E-state index contributed by atoms with van der Waals surface area (Å²) in [6.07, 6.45) is -0.0731. The number of nitrogens with zero attached hydrogens (tertiary/aromatic N) is 1. The highest BCUT2D eigenvalue weighted by atomic mass is 16.6. The van der Waals surface area contributed by atoms with Gasteiger partial charge in [-0.1, -0.05) is 13.8 Å². The molecule has 0 rings (SSSR count). The molecule has 86 valence electrons. The predicted molar refractivity (Wildman–Crippen MR) is 49.0 cm³/mol. The summed E-state index contributed by atoms with van der Waals surface area (Å²) in [4.78, 5) is 30.9. The third-order valence-electron chi connectivity index (χ3n) is 1.90. The molecule has 0 radical (unpaired) electrons. The van der Waals surface area contributed by atoms with Crippen molar-refractivity contribution in [2.75, 3.05) is 0 Å². The summed E-state index contributed by atoms with van der Waals surface area (Å²) in [5, 5.41) is 27.7. The van der Waals surface area contributed by atoms with E-state index >= 15 is 0 Å².